The molecule has 158 valence electrons. The number of nitrogens with one attached hydrogen (secondary N) is 1. The average molecular weight is 448 g/mol. The third-order valence-electron chi connectivity index (χ3n) is 4.45. The first kappa shape index (κ1) is 21.8. The second-order valence-corrected chi connectivity index (χ2v) is 10.1. The van der Waals surface area contributed by atoms with E-state index in [1.807, 2.05) is 20.8 Å². The molecule has 1 aromatic heterocycles. The van der Waals surface area contributed by atoms with Gasteiger partial charge in [0.2, 0.25) is 20.8 Å². The summed E-state index contributed by atoms with van der Waals surface area (Å²) in [5, 5.41) is 10.3. The van der Waals surface area contributed by atoms with Gasteiger partial charge in [0, 0.05) is 10.7 Å². The second-order valence-electron chi connectivity index (χ2n) is 7.77. The predicted octanol–water partition coefficient (Wildman–Crippen LogP) is 3.28. The fourth-order valence-corrected chi connectivity index (χ4v) is 4.10. The molecular formula is C20H22ClN5O3S. The van der Waals surface area contributed by atoms with Gasteiger partial charge in [-0.2, -0.15) is 0 Å². The van der Waals surface area contributed by atoms with E-state index >= 15 is 0 Å². The molecule has 2 aromatic carbocycles. The number of anilines is 2. The van der Waals surface area contributed by atoms with E-state index in [1.165, 1.54) is 12.1 Å². The Labute approximate surface area is 180 Å². The van der Waals surface area contributed by atoms with E-state index in [0.29, 0.717) is 10.7 Å². The zero-order valence-electron chi connectivity index (χ0n) is 16.8. The molecule has 3 aromatic rings. The molecule has 10 heteroatoms. The summed E-state index contributed by atoms with van der Waals surface area (Å²) >= 11 is 5.82. The van der Waals surface area contributed by atoms with E-state index in [4.69, 9.17) is 17.3 Å². The fourth-order valence-electron chi connectivity index (χ4n) is 2.73. The van der Waals surface area contributed by atoms with Crippen molar-refractivity contribution in [3.05, 3.63) is 59.1 Å². The van der Waals surface area contributed by atoms with E-state index < -0.39 is 15.7 Å². The maximum atomic E-state index is 12.9. The number of nitrogens with zero attached hydrogens (tertiary/aromatic N) is 3. The zero-order valence-corrected chi connectivity index (χ0v) is 18.3. The third kappa shape index (κ3) is 4.63. The first-order valence-electron chi connectivity index (χ1n) is 9.08. The molecule has 3 N–H and O–H groups in total. The second kappa shape index (κ2) is 8.08. The van der Waals surface area contributed by atoms with Gasteiger partial charge < -0.3 is 11.1 Å². The van der Waals surface area contributed by atoms with Crippen LogP contribution in [0.15, 0.2) is 58.5 Å². The van der Waals surface area contributed by atoms with E-state index in [-0.39, 0.29) is 27.7 Å². The molecule has 8 nitrogen and oxygen atoms in total. The van der Waals surface area contributed by atoms with Gasteiger partial charge in [0.15, 0.2) is 5.82 Å². The van der Waals surface area contributed by atoms with E-state index in [9.17, 15) is 13.2 Å². The summed E-state index contributed by atoms with van der Waals surface area (Å²) in [4.78, 5) is 12.3. The van der Waals surface area contributed by atoms with Crippen LogP contribution in [0.5, 0.6) is 0 Å². The highest BCUT2D eigenvalue weighted by Crippen LogP contribution is 2.27. The number of aromatic nitrogens is 3. The molecule has 0 fully saturated rings. The SMILES string of the molecule is CC(C)(C)c1ccc(S(=O)(=O)c2nnn(CC(=O)Nc3ccc(Cl)cc3)c2N)cc1. The van der Waals surface area contributed by atoms with Crippen LogP contribution in [0.2, 0.25) is 5.02 Å². The van der Waals surface area contributed by atoms with Crippen LogP contribution in [0.4, 0.5) is 11.5 Å². The molecule has 0 atom stereocenters. The van der Waals surface area contributed by atoms with Gasteiger partial charge >= 0.3 is 0 Å². The van der Waals surface area contributed by atoms with Gasteiger partial charge in [-0.3, -0.25) is 4.79 Å². The summed E-state index contributed by atoms with van der Waals surface area (Å²) in [7, 11) is -3.98. The molecule has 0 unspecified atom stereocenters. The largest absolute Gasteiger partial charge is 0.381 e. The van der Waals surface area contributed by atoms with Crippen molar-refractivity contribution in [3.8, 4) is 0 Å². The Morgan fingerprint density at radius 2 is 1.70 bits per heavy atom. The average Bonchev–Trinajstić information content (AvgIpc) is 3.04. The van der Waals surface area contributed by atoms with Crippen molar-refractivity contribution in [1.29, 1.82) is 0 Å². The van der Waals surface area contributed by atoms with Crippen LogP contribution in [0.25, 0.3) is 0 Å². The molecule has 0 bridgehead atoms. The van der Waals surface area contributed by atoms with Gasteiger partial charge in [-0.25, -0.2) is 13.1 Å². The molecule has 30 heavy (non-hydrogen) atoms. The Kier molecular flexibility index (Phi) is 5.87. The number of hydrogen-bond donors (Lipinski definition) is 2. The van der Waals surface area contributed by atoms with E-state index in [2.05, 4.69) is 15.6 Å². The molecule has 0 aliphatic rings. The van der Waals surface area contributed by atoms with Crippen LogP contribution in [-0.4, -0.2) is 29.3 Å². The van der Waals surface area contributed by atoms with Crippen molar-refractivity contribution in [2.75, 3.05) is 11.1 Å². The highest BCUT2D eigenvalue weighted by molar-refractivity contribution is 7.91. The van der Waals surface area contributed by atoms with Gasteiger partial charge in [0.25, 0.3) is 0 Å². The number of rotatable bonds is 5. The molecule has 1 heterocycles. The minimum atomic E-state index is -3.98. The van der Waals surface area contributed by atoms with Crippen molar-refractivity contribution >= 4 is 38.9 Å². The topological polar surface area (TPSA) is 120 Å². The summed E-state index contributed by atoms with van der Waals surface area (Å²) in [5.41, 5.74) is 7.37. The predicted molar refractivity (Wildman–Crippen MR) is 115 cm³/mol. The molecule has 3 rings (SSSR count). The first-order valence-corrected chi connectivity index (χ1v) is 10.9. The van der Waals surface area contributed by atoms with E-state index in [1.54, 1.807) is 36.4 Å². The summed E-state index contributed by atoms with van der Waals surface area (Å²) in [6.07, 6.45) is 0. The van der Waals surface area contributed by atoms with Gasteiger partial charge in [0.1, 0.15) is 6.54 Å². The Hall–Kier alpha value is -2.91. The number of sulfone groups is 1. The smallest absolute Gasteiger partial charge is 0.246 e. The van der Waals surface area contributed by atoms with Gasteiger partial charge in [-0.05, 0) is 47.4 Å². The highest BCUT2D eigenvalue weighted by Gasteiger charge is 2.27. The van der Waals surface area contributed by atoms with Crippen molar-refractivity contribution in [2.45, 2.75) is 42.7 Å². The standard InChI is InChI=1S/C20H22ClN5O3S/c1-20(2,3)13-4-10-16(11-5-13)30(28,29)19-18(22)26(25-24-19)12-17(27)23-15-8-6-14(21)7-9-15/h4-11H,12,22H2,1-3H3,(H,23,27). The Morgan fingerprint density at radius 3 is 2.27 bits per heavy atom. The Morgan fingerprint density at radius 1 is 1.10 bits per heavy atom. The number of carbonyl (C=O) groups is 1. The van der Waals surface area contributed by atoms with Crippen LogP contribution < -0.4 is 11.1 Å². The minimum Gasteiger partial charge on any atom is -0.381 e. The van der Waals surface area contributed by atoms with Crippen LogP contribution in [0, 0.1) is 0 Å². The number of amides is 1. The van der Waals surface area contributed by atoms with Crippen LogP contribution in [0.1, 0.15) is 26.3 Å². The van der Waals surface area contributed by atoms with Crippen LogP contribution >= 0.6 is 11.6 Å². The third-order valence-corrected chi connectivity index (χ3v) is 6.39. The lowest BCUT2D eigenvalue weighted by Crippen LogP contribution is -2.21. The minimum absolute atomic E-state index is 0.0554. The normalized spacial score (nSPS) is 12.0. The molecule has 0 spiro atoms. The van der Waals surface area contributed by atoms with Crippen molar-refractivity contribution in [2.24, 2.45) is 0 Å². The Balaban J connectivity index is 1.79. The summed E-state index contributed by atoms with van der Waals surface area (Å²) in [5.74, 6) is -0.645. The van der Waals surface area contributed by atoms with Crippen LogP contribution in [-0.2, 0) is 26.6 Å². The highest BCUT2D eigenvalue weighted by atomic mass is 35.5. The Bertz CT molecular complexity index is 1160. The lowest BCUT2D eigenvalue weighted by atomic mass is 9.87. The molecule has 0 aliphatic heterocycles. The molecule has 0 saturated carbocycles. The van der Waals surface area contributed by atoms with Crippen molar-refractivity contribution in [3.63, 3.8) is 0 Å². The number of nitrogen functional groups attached to an aromatic ring is 1. The molecule has 0 saturated heterocycles. The first-order chi connectivity index (χ1) is 14.0. The maximum Gasteiger partial charge on any atom is 0.246 e. The lowest BCUT2D eigenvalue weighted by molar-refractivity contribution is -0.116. The fraction of sp³-hybridized carbons (Fsp3) is 0.250. The molecule has 0 radical (unpaired) electrons. The molecule has 0 aliphatic carbocycles. The number of benzene rings is 2. The number of hydrogen-bond acceptors (Lipinski definition) is 6. The van der Waals surface area contributed by atoms with E-state index in [0.717, 1.165) is 10.2 Å². The van der Waals surface area contributed by atoms with Crippen LogP contribution in [0.3, 0.4) is 0 Å². The molecule has 1 amide bonds. The zero-order chi connectivity index (χ0) is 22.1. The quantitative estimate of drug-likeness (QED) is 0.619. The summed E-state index contributed by atoms with van der Waals surface area (Å²) < 4.78 is 26.9. The monoisotopic (exact) mass is 447 g/mol. The summed E-state index contributed by atoms with van der Waals surface area (Å²) in [6, 6.07) is 13.1. The lowest BCUT2D eigenvalue weighted by Gasteiger charge is -2.19. The molecular weight excluding hydrogens is 426 g/mol. The number of nitrogens with two attached hydrogens (primary N) is 1. The van der Waals surface area contributed by atoms with Gasteiger partial charge in [-0.15, -0.1) is 5.10 Å². The van der Waals surface area contributed by atoms with Crippen molar-refractivity contribution < 1.29 is 13.2 Å². The maximum absolute atomic E-state index is 12.9. The summed E-state index contributed by atoms with van der Waals surface area (Å²) in [6.45, 7) is 5.82. The number of carbonyl (C=O) groups excluding carboxylic acids is 1. The van der Waals surface area contributed by atoms with Gasteiger partial charge in [0.05, 0.1) is 4.90 Å². The number of halogens is 1. The van der Waals surface area contributed by atoms with Crippen molar-refractivity contribution in [1.82, 2.24) is 15.0 Å². The van der Waals surface area contributed by atoms with Gasteiger partial charge in [-0.1, -0.05) is 49.7 Å².